The summed E-state index contributed by atoms with van der Waals surface area (Å²) in [7, 11) is 0. The van der Waals surface area contributed by atoms with Crippen molar-refractivity contribution in [2.24, 2.45) is 0 Å². The quantitative estimate of drug-likeness (QED) is 0.667. The van der Waals surface area contributed by atoms with Crippen molar-refractivity contribution in [2.75, 3.05) is 18.9 Å². The van der Waals surface area contributed by atoms with Gasteiger partial charge in [0, 0.05) is 5.69 Å². The van der Waals surface area contributed by atoms with Gasteiger partial charge >= 0.3 is 0 Å². The van der Waals surface area contributed by atoms with Crippen LogP contribution in [0.4, 0.5) is 5.69 Å². The lowest BCUT2D eigenvalue weighted by atomic mass is 10.1. The third-order valence-electron chi connectivity index (χ3n) is 3.19. The number of ether oxygens (including phenoxy) is 2. The second-order valence-corrected chi connectivity index (χ2v) is 4.98. The number of aryl methyl sites for hydroxylation is 3. The summed E-state index contributed by atoms with van der Waals surface area (Å²) in [6.45, 7) is 7.10. The molecule has 0 fully saturated rings. The summed E-state index contributed by atoms with van der Waals surface area (Å²) in [5, 5.41) is 0. The Hall–Kier alpha value is -2.16. The van der Waals surface area contributed by atoms with Crippen LogP contribution in [0.3, 0.4) is 0 Å². The zero-order valence-corrected chi connectivity index (χ0v) is 12.3. The number of nitrogens with two attached hydrogens (primary N) is 1. The van der Waals surface area contributed by atoms with Crippen molar-refractivity contribution in [1.82, 2.24) is 0 Å². The molecule has 0 radical (unpaired) electrons. The molecule has 0 amide bonds. The Morgan fingerprint density at radius 3 is 2.35 bits per heavy atom. The zero-order valence-electron chi connectivity index (χ0n) is 12.3. The van der Waals surface area contributed by atoms with Crippen molar-refractivity contribution in [1.29, 1.82) is 0 Å². The summed E-state index contributed by atoms with van der Waals surface area (Å²) < 4.78 is 11.4. The van der Waals surface area contributed by atoms with E-state index in [4.69, 9.17) is 15.2 Å². The fraction of sp³-hybridized carbons (Fsp3) is 0.294. The van der Waals surface area contributed by atoms with Crippen LogP contribution in [0, 0.1) is 20.8 Å². The minimum Gasteiger partial charge on any atom is -0.490 e. The molecule has 0 aliphatic carbocycles. The molecule has 0 atom stereocenters. The molecule has 2 aromatic rings. The van der Waals surface area contributed by atoms with Crippen LogP contribution in [0.15, 0.2) is 36.4 Å². The van der Waals surface area contributed by atoms with Gasteiger partial charge in [-0.1, -0.05) is 12.1 Å². The van der Waals surface area contributed by atoms with E-state index in [9.17, 15) is 0 Å². The summed E-state index contributed by atoms with van der Waals surface area (Å²) in [4.78, 5) is 0. The standard InChI is InChI=1S/C17H21NO2/c1-12-4-5-13(2)17(10-12)20-9-8-19-15-6-7-16(18)14(3)11-15/h4-7,10-11H,8-9,18H2,1-3H3. The lowest BCUT2D eigenvalue weighted by Crippen LogP contribution is -2.09. The normalized spacial score (nSPS) is 10.3. The lowest BCUT2D eigenvalue weighted by Gasteiger charge is -2.11. The van der Waals surface area contributed by atoms with Crippen molar-refractivity contribution in [3.05, 3.63) is 53.1 Å². The molecule has 0 unspecified atom stereocenters. The first kappa shape index (κ1) is 14.3. The Labute approximate surface area is 120 Å². The van der Waals surface area contributed by atoms with E-state index in [0.717, 1.165) is 28.3 Å². The van der Waals surface area contributed by atoms with Crippen molar-refractivity contribution < 1.29 is 9.47 Å². The minimum atomic E-state index is 0.511. The molecule has 2 aromatic carbocycles. The van der Waals surface area contributed by atoms with Crippen LogP contribution in [-0.2, 0) is 0 Å². The average Bonchev–Trinajstić information content (AvgIpc) is 2.42. The van der Waals surface area contributed by atoms with Gasteiger partial charge in [0.25, 0.3) is 0 Å². The lowest BCUT2D eigenvalue weighted by molar-refractivity contribution is 0.216. The van der Waals surface area contributed by atoms with E-state index >= 15 is 0 Å². The molecule has 106 valence electrons. The van der Waals surface area contributed by atoms with E-state index in [1.165, 1.54) is 5.56 Å². The first-order valence-electron chi connectivity index (χ1n) is 6.75. The number of anilines is 1. The molecular weight excluding hydrogens is 250 g/mol. The number of hydrogen-bond acceptors (Lipinski definition) is 3. The zero-order chi connectivity index (χ0) is 14.5. The van der Waals surface area contributed by atoms with Gasteiger partial charge in [-0.2, -0.15) is 0 Å². The van der Waals surface area contributed by atoms with Crippen LogP contribution < -0.4 is 15.2 Å². The van der Waals surface area contributed by atoms with E-state index in [1.807, 2.05) is 38.1 Å². The van der Waals surface area contributed by atoms with Gasteiger partial charge in [-0.3, -0.25) is 0 Å². The molecule has 0 aliphatic heterocycles. The molecular formula is C17H21NO2. The van der Waals surface area contributed by atoms with Crippen LogP contribution in [-0.4, -0.2) is 13.2 Å². The molecule has 0 heterocycles. The van der Waals surface area contributed by atoms with Crippen molar-refractivity contribution >= 4 is 5.69 Å². The van der Waals surface area contributed by atoms with Gasteiger partial charge in [-0.25, -0.2) is 0 Å². The predicted octanol–water partition coefficient (Wildman–Crippen LogP) is 3.65. The number of hydrogen-bond donors (Lipinski definition) is 1. The number of nitrogen functional groups attached to an aromatic ring is 1. The Bertz CT molecular complexity index is 594. The molecule has 0 saturated heterocycles. The Morgan fingerprint density at radius 1 is 0.850 bits per heavy atom. The summed E-state index contributed by atoms with van der Waals surface area (Å²) in [5.74, 6) is 1.74. The summed E-state index contributed by atoms with van der Waals surface area (Å²) in [6, 6.07) is 11.9. The van der Waals surface area contributed by atoms with E-state index in [2.05, 4.69) is 19.1 Å². The van der Waals surface area contributed by atoms with E-state index in [-0.39, 0.29) is 0 Å². The summed E-state index contributed by atoms with van der Waals surface area (Å²) in [6.07, 6.45) is 0. The second kappa shape index (κ2) is 6.33. The largest absolute Gasteiger partial charge is 0.490 e. The fourth-order valence-corrected chi connectivity index (χ4v) is 1.91. The summed E-state index contributed by atoms with van der Waals surface area (Å²) >= 11 is 0. The van der Waals surface area contributed by atoms with Gasteiger partial charge in [-0.15, -0.1) is 0 Å². The molecule has 3 heteroatoms. The highest BCUT2D eigenvalue weighted by molar-refractivity contribution is 5.49. The maximum atomic E-state index is 5.77. The topological polar surface area (TPSA) is 44.5 Å². The second-order valence-electron chi connectivity index (χ2n) is 4.98. The van der Waals surface area contributed by atoms with E-state index in [0.29, 0.717) is 13.2 Å². The Morgan fingerprint density at radius 2 is 1.60 bits per heavy atom. The minimum absolute atomic E-state index is 0.511. The SMILES string of the molecule is Cc1ccc(C)c(OCCOc2ccc(N)c(C)c2)c1. The third kappa shape index (κ3) is 3.67. The van der Waals surface area contributed by atoms with E-state index in [1.54, 1.807) is 0 Å². The van der Waals surface area contributed by atoms with Crippen molar-refractivity contribution in [3.8, 4) is 11.5 Å². The smallest absolute Gasteiger partial charge is 0.122 e. The third-order valence-corrected chi connectivity index (χ3v) is 3.19. The van der Waals surface area contributed by atoms with Gasteiger partial charge in [0.05, 0.1) is 0 Å². The Kier molecular flexibility index (Phi) is 4.51. The number of rotatable bonds is 5. The average molecular weight is 271 g/mol. The van der Waals surface area contributed by atoms with Crippen LogP contribution >= 0.6 is 0 Å². The molecule has 0 saturated carbocycles. The van der Waals surface area contributed by atoms with Gasteiger partial charge in [0.2, 0.25) is 0 Å². The first-order chi connectivity index (χ1) is 9.56. The highest BCUT2D eigenvalue weighted by Crippen LogP contribution is 2.20. The Balaban J connectivity index is 1.84. The van der Waals surface area contributed by atoms with E-state index < -0.39 is 0 Å². The van der Waals surface area contributed by atoms with Gasteiger partial charge < -0.3 is 15.2 Å². The van der Waals surface area contributed by atoms with Crippen molar-refractivity contribution in [3.63, 3.8) is 0 Å². The van der Waals surface area contributed by atoms with Gasteiger partial charge in [0.1, 0.15) is 24.7 Å². The molecule has 20 heavy (non-hydrogen) atoms. The molecule has 0 spiro atoms. The van der Waals surface area contributed by atoms with Crippen LogP contribution in [0.1, 0.15) is 16.7 Å². The highest BCUT2D eigenvalue weighted by atomic mass is 16.5. The monoisotopic (exact) mass is 271 g/mol. The number of benzene rings is 2. The fourth-order valence-electron chi connectivity index (χ4n) is 1.91. The molecule has 0 aliphatic rings. The molecule has 0 aromatic heterocycles. The predicted molar refractivity (Wildman–Crippen MR) is 82.5 cm³/mol. The maximum absolute atomic E-state index is 5.77. The molecule has 2 N–H and O–H groups in total. The first-order valence-corrected chi connectivity index (χ1v) is 6.75. The van der Waals surface area contributed by atoms with Crippen LogP contribution in [0.25, 0.3) is 0 Å². The maximum Gasteiger partial charge on any atom is 0.122 e. The summed E-state index contributed by atoms with van der Waals surface area (Å²) in [5.41, 5.74) is 9.91. The van der Waals surface area contributed by atoms with Crippen LogP contribution in [0.5, 0.6) is 11.5 Å². The molecule has 0 bridgehead atoms. The van der Waals surface area contributed by atoms with Crippen molar-refractivity contribution in [2.45, 2.75) is 20.8 Å². The van der Waals surface area contributed by atoms with Crippen LogP contribution in [0.2, 0.25) is 0 Å². The molecule has 3 nitrogen and oxygen atoms in total. The molecule has 2 rings (SSSR count). The van der Waals surface area contributed by atoms with Gasteiger partial charge in [-0.05, 0) is 61.7 Å². The highest BCUT2D eigenvalue weighted by Gasteiger charge is 2.01. The van der Waals surface area contributed by atoms with Gasteiger partial charge in [0.15, 0.2) is 0 Å².